The van der Waals surface area contributed by atoms with E-state index in [4.69, 9.17) is 0 Å². The highest BCUT2D eigenvalue weighted by molar-refractivity contribution is 5.92. The molecule has 0 radical (unpaired) electrons. The van der Waals surface area contributed by atoms with Gasteiger partial charge in [0.15, 0.2) is 5.82 Å². The van der Waals surface area contributed by atoms with Crippen LogP contribution in [0, 0.1) is 0 Å². The summed E-state index contributed by atoms with van der Waals surface area (Å²) >= 11 is 0. The van der Waals surface area contributed by atoms with Gasteiger partial charge in [-0.25, -0.2) is 9.97 Å². The maximum absolute atomic E-state index is 12.7. The van der Waals surface area contributed by atoms with Gasteiger partial charge in [0.25, 0.3) is 0 Å². The van der Waals surface area contributed by atoms with E-state index in [2.05, 4.69) is 61.2 Å². The minimum atomic E-state index is -0.0432. The van der Waals surface area contributed by atoms with E-state index in [1.54, 1.807) is 6.07 Å². The molecule has 2 amide bonds. The molecule has 2 aromatic carbocycles. The van der Waals surface area contributed by atoms with Crippen LogP contribution in [-0.2, 0) is 9.59 Å². The first-order chi connectivity index (χ1) is 19.0. The van der Waals surface area contributed by atoms with Crippen molar-refractivity contribution in [3.8, 4) is 11.4 Å². The predicted molar refractivity (Wildman–Crippen MR) is 161 cm³/mol. The molecule has 0 aliphatic carbocycles. The van der Waals surface area contributed by atoms with Crippen molar-refractivity contribution in [3.05, 3.63) is 72.3 Å². The molecule has 1 aliphatic rings. The molecule has 0 saturated carbocycles. The molecule has 2 heterocycles. The van der Waals surface area contributed by atoms with E-state index in [0.29, 0.717) is 29.9 Å². The minimum Gasteiger partial charge on any atom is -0.370 e. The Bertz CT molecular complexity index is 1120. The Morgan fingerprint density at radius 3 is 2.00 bits per heavy atom. The summed E-state index contributed by atoms with van der Waals surface area (Å²) in [6.45, 7) is 13.1. The number of hydrogen-bond acceptors (Lipinski definition) is 6. The summed E-state index contributed by atoms with van der Waals surface area (Å²) in [7, 11) is 0. The summed E-state index contributed by atoms with van der Waals surface area (Å²) in [6, 6.07) is 22.2. The second-order valence-electron chi connectivity index (χ2n) is 8.95. The van der Waals surface area contributed by atoms with Crippen molar-refractivity contribution in [2.45, 2.75) is 53.4 Å². The average molecular weight is 533 g/mol. The van der Waals surface area contributed by atoms with Crippen molar-refractivity contribution < 1.29 is 9.59 Å². The van der Waals surface area contributed by atoms with Crippen LogP contribution >= 0.6 is 0 Å². The number of rotatable bonds is 8. The molecule has 8 heteroatoms. The number of amides is 2. The molecule has 0 bridgehead atoms. The molecule has 210 valence electrons. The molecule has 1 aromatic heterocycles. The molecular formula is C31H44N6O2. The van der Waals surface area contributed by atoms with Gasteiger partial charge < -0.3 is 16.0 Å². The largest absolute Gasteiger partial charge is 0.370 e. The Morgan fingerprint density at radius 2 is 1.46 bits per heavy atom. The molecule has 0 unspecified atom stereocenters. The lowest BCUT2D eigenvalue weighted by molar-refractivity contribution is -0.119. The van der Waals surface area contributed by atoms with Crippen molar-refractivity contribution >= 4 is 23.5 Å². The standard InChI is InChI=1S/C25H29N5O.C4H9NO.C2H6/c1-2-26-22-17-23(29-25(28-22)21-11-7-4-8-12-21)27-24(31)18-30-15-13-20(14-16-30)19-9-5-3-6-10-19;1-3-5-4(2)6;1-2/h3-12,17,20H,2,13-16,18H2,1H3,(H2,26,27,28,29,31);3H2,1-2H3,(H,5,6);1-2H3. The van der Waals surface area contributed by atoms with Crippen LogP contribution in [0.25, 0.3) is 11.4 Å². The number of piperidine rings is 1. The van der Waals surface area contributed by atoms with E-state index >= 15 is 0 Å². The van der Waals surface area contributed by atoms with Gasteiger partial charge in [0.05, 0.1) is 6.54 Å². The topological polar surface area (TPSA) is 99.2 Å². The summed E-state index contributed by atoms with van der Waals surface area (Å²) < 4.78 is 0. The molecule has 1 saturated heterocycles. The lowest BCUT2D eigenvalue weighted by Gasteiger charge is -2.31. The summed E-state index contributed by atoms with van der Waals surface area (Å²) in [5, 5.41) is 8.76. The smallest absolute Gasteiger partial charge is 0.239 e. The van der Waals surface area contributed by atoms with Crippen molar-refractivity contribution in [2.75, 3.05) is 43.4 Å². The van der Waals surface area contributed by atoms with E-state index in [-0.39, 0.29) is 11.8 Å². The van der Waals surface area contributed by atoms with Gasteiger partial charge in [-0.2, -0.15) is 0 Å². The van der Waals surface area contributed by atoms with Crippen molar-refractivity contribution in [3.63, 3.8) is 0 Å². The number of likely N-dealkylation sites (tertiary alicyclic amines) is 1. The monoisotopic (exact) mass is 532 g/mol. The van der Waals surface area contributed by atoms with Crippen LogP contribution in [0.5, 0.6) is 0 Å². The van der Waals surface area contributed by atoms with Gasteiger partial charge in [0.2, 0.25) is 11.8 Å². The van der Waals surface area contributed by atoms with Crippen molar-refractivity contribution in [1.29, 1.82) is 0 Å². The highest BCUT2D eigenvalue weighted by atomic mass is 16.2. The number of aromatic nitrogens is 2. The maximum Gasteiger partial charge on any atom is 0.239 e. The highest BCUT2D eigenvalue weighted by Gasteiger charge is 2.22. The van der Waals surface area contributed by atoms with Gasteiger partial charge >= 0.3 is 0 Å². The van der Waals surface area contributed by atoms with Crippen LogP contribution in [0.1, 0.15) is 58.9 Å². The van der Waals surface area contributed by atoms with E-state index in [0.717, 1.165) is 44.6 Å². The number of nitrogens with one attached hydrogen (secondary N) is 3. The van der Waals surface area contributed by atoms with Crippen LogP contribution in [0.15, 0.2) is 66.7 Å². The first-order valence-electron chi connectivity index (χ1n) is 14.0. The van der Waals surface area contributed by atoms with E-state index in [1.807, 2.05) is 58.0 Å². The van der Waals surface area contributed by atoms with E-state index < -0.39 is 0 Å². The Labute approximate surface area is 233 Å². The third kappa shape index (κ3) is 11.2. The molecule has 39 heavy (non-hydrogen) atoms. The quantitative estimate of drug-likeness (QED) is 0.351. The van der Waals surface area contributed by atoms with Crippen LogP contribution in [-0.4, -0.2) is 59.4 Å². The Kier molecular flexibility index (Phi) is 14.2. The van der Waals surface area contributed by atoms with E-state index in [9.17, 15) is 9.59 Å². The molecule has 0 spiro atoms. The normalized spacial score (nSPS) is 13.2. The zero-order valence-electron chi connectivity index (χ0n) is 24.0. The summed E-state index contributed by atoms with van der Waals surface area (Å²) in [5.41, 5.74) is 2.32. The summed E-state index contributed by atoms with van der Waals surface area (Å²) in [6.07, 6.45) is 2.15. The van der Waals surface area contributed by atoms with Crippen LogP contribution in [0.3, 0.4) is 0 Å². The van der Waals surface area contributed by atoms with Crippen LogP contribution in [0.2, 0.25) is 0 Å². The second kappa shape index (κ2) is 17.7. The van der Waals surface area contributed by atoms with Crippen LogP contribution < -0.4 is 16.0 Å². The number of benzene rings is 2. The van der Waals surface area contributed by atoms with Crippen molar-refractivity contribution in [2.24, 2.45) is 0 Å². The van der Waals surface area contributed by atoms with Gasteiger partial charge in [0.1, 0.15) is 11.6 Å². The molecule has 4 rings (SSSR count). The average Bonchev–Trinajstić information content (AvgIpc) is 2.96. The molecule has 1 fully saturated rings. The fourth-order valence-electron chi connectivity index (χ4n) is 4.28. The second-order valence-corrected chi connectivity index (χ2v) is 8.95. The van der Waals surface area contributed by atoms with Crippen molar-refractivity contribution in [1.82, 2.24) is 20.2 Å². The predicted octanol–water partition coefficient (Wildman–Crippen LogP) is 5.56. The van der Waals surface area contributed by atoms with Gasteiger partial charge in [-0.15, -0.1) is 0 Å². The summed E-state index contributed by atoms with van der Waals surface area (Å²) in [4.78, 5) is 34.0. The number of anilines is 2. The lowest BCUT2D eigenvalue weighted by Crippen LogP contribution is -2.38. The molecular weight excluding hydrogens is 488 g/mol. The van der Waals surface area contributed by atoms with Crippen LogP contribution in [0.4, 0.5) is 11.6 Å². The molecule has 3 aromatic rings. The SMILES string of the molecule is CC.CCNC(C)=O.CCNc1cc(NC(=O)CN2CCC(c3ccccc3)CC2)nc(-c2ccccc2)n1. The Hall–Kier alpha value is -3.78. The number of nitrogens with zero attached hydrogens (tertiary/aromatic N) is 3. The molecule has 8 nitrogen and oxygen atoms in total. The molecule has 0 atom stereocenters. The number of carbonyl (C=O) groups excluding carboxylic acids is 2. The zero-order chi connectivity index (χ0) is 28.5. The number of carbonyl (C=O) groups is 2. The first kappa shape index (κ1) is 31.4. The van der Waals surface area contributed by atoms with Gasteiger partial charge in [-0.1, -0.05) is 74.5 Å². The van der Waals surface area contributed by atoms with Gasteiger partial charge in [0, 0.05) is 31.6 Å². The zero-order valence-corrected chi connectivity index (χ0v) is 24.0. The Morgan fingerprint density at radius 1 is 0.872 bits per heavy atom. The van der Waals surface area contributed by atoms with Gasteiger partial charge in [-0.3, -0.25) is 14.5 Å². The third-order valence-electron chi connectivity index (χ3n) is 6.04. The maximum atomic E-state index is 12.7. The van der Waals surface area contributed by atoms with E-state index in [1.165, 1.54) is 12.5 Å². The number of hydrogen-bond donors (Lipinski definition) is 3. The lowest BCUT2D eigenvalue weighted by atomic mass is 9.89. The fraction of sp³-hybridized carbons (Fsp3) is 0.419. The highest BCUT2D eigenvalue weighted by Crippen LogP contribution is 2.27. The van der Waals surface area contributed by atoms with Gasteiger partial charge in [-0.05, 0) is 51.3 Å². The first-order valence-corrected chi connectivity index (χ1v) is 14.0. The fourth-order valence-corrected chi connectivity index (χ4v) is 4.28. The Balaban J connectivity index is 0.000000590. The third-order valence-corrected chi connectivity index (χ3v) is 6.04. The molecule has 3 N–H and O–H groups in total. The minimum absolute atomic E-state index is 0.0394. The summed E-state index contributed by atoms with van der Waals surface area (Å²) in [5.74, 6) is 2.40. The molecule has 1 aliphatic heterocycles.